The van der Waals surface area contributed by atoms with E-state index in [2.05, 4.69) is 9.98 Å². The van der Waals surface area contributed by atoms with Crippen molar-refractivity contribution in [1.82, 2.24) is 4.98 Å². The summed E-state index contributed by atoms with van der Waals surface area (Å²) in [4.78, 5) is 8.47. The maximum absolute atomic E-state index is 14.4. The van der Waals surface area contributed by atoms with Crippen molar-refractivity contribution in [3.63, 3.8) is 0 Å². The van der Waals surface area contributed by atoms with E-state index in [-0.39, 0.29) is 17.3 Å². The van der Waals surface area contributed by atoms with E-state index in [1.807, 2.05) is 6.07 Å². The minimum absolute atomic E-state index is 0.0631. The smallest absolute Gasteiger partial charge is 0.165 e. The van der Waals surface area contributed by atoms with E-state index >= 15 is 0 Å². The first-order valence-corrected chi connectivity index (χ1v) is 9.54. The average molecular weight is 372 g/mol. The largest absolute Gasteiger partial charge is 0.386 e. The number of hydrogen-bond acceptors (Lipinski definition) is 6. The second-order valence-electron chi connectivity index (χ2n) is 6.58. The van der Waals surface area contributed by atoms with Gasteiger partial charge in [0.05, 0.1) is 23.1 Å². The van der Waals surface area contributed by atoms with Gasteiger partial charge in [-0.05, 0) is 38.1 Å². The molecule has 2 aromatic rings. The number of hydrogen-bond donors (Lipinski definition) is 1. The zero-order chi connectivity index (χ0) is 19.1. The molecule has 0 saturated heterocycles. The van der Waals surface area contributed by atoms with Crippen LogP contribution in [0.2, 0.25) is 0 Å². The Morgan fingerprint density at radius 2 is 2.04 bits per heavy atom. The Bertz CT molecular complexity index is 1060. The lowest BCUT2D eigenvalue weighted by molar-refractivity contribution is 0.545. The monoisotopic (exact) mass is 372 g/mol. The molecule has 0 aliphatic carbocycles. The minimum Gasteiger partial charge on any atom is -0.386 e. The molecule has 0 saturated carbocycles. The first kappa shape index (κ1) is 18.0. The molecule has 26 heavy (non-hydrogen) atoms. The van der Waals surface area contributed by atoms with Crippen LogP contribution in [0.25, 0.3) is 11.3 Å². The lowest BCUT2D eigenvalue weighted by Gasteiger charge is -2.31. The number of halogens is 1. The topological polar surface area (TPSA) is 109 Å². The number of nitriles is 1. The maximum Gasteiger partial charge on any atom is 0.165 e. The molecule has 1 unspecified atom stereocenters. The quantitative estimate of drug-likeness (QED) is 0.870. The van der Waals surface area contributed by atoms with E-state index in [9.17, 15) is 12.8 Å². The summed E-state index contributed by atoms with van der Waals surface area (Å²) < 4.78 is 38.1. The van der Waals surface area contributed by atoms with Gasteiger partial charge in [-0.1, -0.05) is 12.1 Å². The van der Waals surface area contributed by atoms with Crippen molar-refractivity contribution in [2.75, 3.05) is 5.75 Å². The fraction of sp³-hybridized carbons (Fsp3) is 0.278. The number of aliphatic imine (C=N–C) groups is 1. The molecule has 0 amide bonds. The van der Waals surface area contributed by atoms with Gasteiger partial charge in [0.15, 0.2) is 9.84 Å². The molecule has 1 aliphatic heterocycles. The number of benzene rings is 1. The molecular weight excluding hydrogens is 355 g/mol. The van der Waals surface area contributed by atoms with Gasteiger partial charge in [-0.15, -0.1) is 0 Å². The van der Waals surface area contributed by atoms with Crippen LogP contribution in [0.15, 0.2) is 41.4 Å². The van der Waals surface area contributed by atoms with Gasteiger partial charge < -0.3 is 5.73 Å². The van der Waals surface area contributed by atoms with E-state index in [0.29, 0.717) is 16.8 Å². The average Bonchev–Trinajstić information content (AvgIpc) is 2.60. The lowest BCUT2D eigenvalue weighted by atomic mass is 10.1. The van der Waals surface area contributed by atoms with Crippen molar-refractivity contribution in [3.8, 4) is 17.3 Å². The summed E-state index contributed by atoms with van der Waals surface area (Å²) in [5.74, 6) is -1.08. The van der Waals surface area contributed by atoms with E-state index < -0.39 is 26.4 Å². The SMILES string of the molecule is CC1(C)C(N)=NC(c2nc(-c3cccc(C#N)c3)ccc2F)CS1(=O)=O. The van der Waals surface area contributed by atoms with Crippen molar-refractivity contribution in [2.45, 2.75) is 24.6 Å². The normalized spacial score (nSPS) is 20.8. The van der Waals surface area contributed by atoms with Crippen molar-refractivity contribution in [2.24, 2.45) is 10.7 Å². The van der Waals surface area contributed by atoms with Gasteiger partial charge in [0, 0.05) is 5.56 Å². The third-order valence-electron chi connectivity index (χ3n) is 4.54. The molecule has 0 bridgehead atoms. The van der Waals surface area contributed by atoms with Crippen LogP contribution in [-0.2, 0) is 9.84 Å². The van der Waals surface area contributed by atoms with Gasteiger partial charge in [-0.3, -0.25) is 4.99 Å². The minimum atomic E-state index is -3.62. The van der Waals surface area contributed by atoms with E-state index in [1.165, 1.54) is 26.0 Å². The molecule has 134 valence electrons. The summed E-state index contributed by atoms with van der Waals surface area (Å²) in [5.41, 5.74) is 7.26. The molecule has 1 aliphatic rings. The second-order valence-corrected chi connectivity index (χ2v) is 9.16. The van der Waals surface area contributed by atoms with Crippen LogP contribution < -0.4 is 5.73 Å². The van der Waals surface area contributed by atoms with Crippen LogP contribution in [0.1, 0.15) is 31.1 Å². The van der Waals surface area contributed by atoms with Crippen LogP contribution in [0.3, 0.4) is 0 Å². The summed E-state index contributed by atoms with van der Waals surface area (Å²) in [6, 6.07) is 10.4. The third kappa shape index (κ3) is 2.95. The Morgan fingerprint density at radius 1 is 1.31 bits per heavy atom. The number of aromatic nitrogens is 1. The molecule has 0 fully saturated rings. The van der Waals surface area contributed by atoms with Crippen molar-refractivity contribution in [3.05, 3.63) is 53.5 Å². The molecule has 1 aromatic heterocycles. The number of pyridine rings is 1. The van der Waals surface area contributed by atoms with Gasteiger partial charge >= 0.3 is 0 Å². The molecule has 6 nitrogen and oxygen atoms in total. The fourth-order valence-corrected chi connectivity index (χ4v) is 4.11. The number of amidine groups is 1. The first-order valence-electron chi connectivity index (χ1n) is 7.89. The number of rotatable bonds is 2. The van der Waals surface area contributed by atoms with Crippen molar-refractivity contribution < 1.29 is 12.8 Å². The first-order chi connectivity index (χ1) is 12.2. The van der Waals surface area contributed by atoms with Gasteiger partial charge in [0.25, 0.3) is 0 Å². The Hall–Kier alpha value is -2.79. The summed E-state index contributed by atoms with van der Waals surface area (Å²) >= 11 is 0. The Labute approximate surface area is 151 Å². The Morgan fingerprint density at radius 3 is 2.69 bits per heavy atom. The van der Waals surface area contributed by atoms with Crippen LogP contribution in [-0.4, -0.2) is 29.7 Å². The Kier molecular flexibility index (Phi) is 4.28. The second kappa shape index (κ2) is 6.18. The van der Waals surface area contributed by atoms with Crippen LogP contribution >= 0.6 is 0 Å². The number of nitrogens with zero attached hydrogens (tertiary/aromatic N) is 3. The summed E-state index contributed by atoms with van der Waals surface area (Å²) in [6.07, 6.45) is 0. The van der Waals surface area contributed by atoms with Gasteiger partial charge in [-0.2, -0.15) is 5.26 Å². The predicted octanol–water partition coefficient (Wildman–Crippen LogP) is 2.36. The zero-order valence-corrected chi connectivity index (χ0v) is 15.1. The van der Waals surface area contributed by atoms with Crippen molar-refractivity contribution in [1.29, 1.82) is 5.26 Å². The van der Waals surface area contributed by atoms with Crippen LogP contribution in [0.4, 0.5) is 4.39 Å². The molecule has 0 spiro atoms. The number of nitrogens with two attached hydrogens (primary N) is 1. The predicted molar refractivity (Wildman–Crippen MR) is 96.6 cm³/mol. The molecular formula is C18H17FN4O2S. The van der Waals surface area contributed by atoms with Crippen LogP contribution in [0.5, 0.6) is 0 Å². The highest BCUT2D eigenvalue weighted by Crippen LogP contribution is 2.33. The summed E-state index contributed by atoms with van der Waals surface area (Å²) in [5, 5.41) is 9.02. The zero-order valence-electron chi connectivity index (χ0n) is 14.3. The highest BCUT2D eigenvalue weighted by molar-refractivity contribution is 7.93. The van der Waals surface area contributed by atoms with Crippen molar-refractivity contribution >= 4 is 15.7 Å². The fourth-order valence-electron chi connectivity index (χ4n) is 2.68. The summed E-state index contributed by atoms with van der Waals surface area (Å²) in [7, 11) is -3.62. The van der Waals surface area contributed by atoms with E-state index in [4.69, 9.17) is 11.0 Å². The highest BCUT2D eigenvalue weighted by atomic mass is 32.2. The summed E-state index contributed by atoms with van der Waals surface area (Å²) in [6.45, 7) is 2.95. The Balaban J connectivity index is 2.10. The molecule has 2 N–H and O–H groups in total. The molecule has 2 heterocycles. The van der Waals surface area contributed by atoms with Crippen LogP contribution in [0, 0.1) is 17.1 Å². The van der Waals surface area contributed by atoms with Gasteiger partial charge in [0.2, 0.25) is 0 Å². The molecule has 1 aromatic carbocycles. The third-order valence-corrected chi connectivity index (χ3v) is 7.06. The highest BCUT2D eigenvalue weighted by Gasteiger charge is 2.44. The van der Waals surface area contributed by atoms with E-state index in [1.54, 1.807) is 24.3 Å². The maximum atomic E-state index is 14.4. The van der Waals surface area contributed by atoms with Gasteiger partial charge in [-0.25, -0.2) is 17.8 Å². The molecule has 3 rings (SSSR count). The molecule has 0 radical (unpaired) electrons. The van der Waals surface area contributed by atoms with E-state index in [0.717, 1.165) is 0 Å². The van der Waals surface area contributed by atoms with Gasteiger partial charge in [0.1, 0.15) is 28.1 Å². The molecule has 1 atom stereocenters. The number of sulfone groups is 1. The standard InChI is InChI=1S/C18H17FN4O2S/c1-18(2)17(21)23-15(10-26(18,24)25)16-13(19)6-7-14(22-16)12-5-3-4-11(8-12)9-20/h3-8,15H,10H2,1-2H3,(H2,21,23). The lowest BCUT2D eigenvalue weighted by Crippen LogP contribution is -2.50. The molecule has 8 heteroatoms.